The van der Waals surface area contributed by atoms with Crippen LogP contribution in [0.4, 0.5) is 5.95 Å². The van der Waals surface area contributed by atoms with E-state index in [0.29, 0.717) is 16.7 Å². The van der Waals surface area contributed by atoms with Crippen LogP contribution < -0.4 is 10.1 Å². The Bertz CT molecular complexity index is 572. The summed E-state index contributed by atoms with van der Waals surface area (Å²) in [5.41, 5.74) is 2.82. The van der Waals surface area contributed by atoms with Gasteiger partial charge in [0.05, 0.1) is 17.8 Å². The summed E-state index contributed by atoms with van der Waals surface area (Å²) in [5.74, 6) is 1.22. The molecule has 0 unspecified atom stereocenters. The van der Waals surface area contributed by atoms with Crippen LogP contribution in [0, 0.1) is 6.92 Å². The monoisotopic (exact) mass is 263 g/mol. The molecule has 94 valence electrons. The smallest absolute Gasteiger partial charge is 0.222 e. The van der Waals surface area contributed by atoms with Gasteiger partial charge in [0.2, 0.25) is 5.95 Å². The van der Waals surface area contributed by atoms with Gasteiger partial charge in [-0.15, -0.1) is 0 Å². The maximum Gasteiger partial charge on any atom is 0.222 e. The van der Waals surface area contributed by atoms with Crippen molar-refractivity contribution in [1.29, 1.82) is 0 Å². The van der Waals surface area contributed by atoms with Crippen LogP contribution in [0.3, 0.4) is 0 Å². The van der Waals surface area contributed by atoms with Crippen LogP contribution in [0.25, 0.3) is 11.3 Å². The van der Waals surface area contributed by atoms with Crippen molar-refractivity contribution >= 4 is 17.5 Å². The highest BCUT2D eigenvalue weighted by Gasteiger charge is 2.09. The molecule has 5 heteroatoms. The van der Waals surface area contributed by atoms with Crippen molar-refractivity contribution in [1.82, 2.24) is 9.97 Å². The van der Waals surface area contributed by atoms with Gasteiger partial charge < -0.3 is 10.1 Å². The second-order valence-electron chi connectivity index (χ2n) is 3.82. The standard InChI is InChI=1S/C13H14ClN3O/c1-8-7-16-13(15-2)17-12(8)9-4-5-10(14)11(6-9)18-3/h4-7H,1-3H3,(H,15,16,17). The van der Waals surface area contributed by atoms with Crippen molar-refractivity contribution < 1.29 is 4.74 Å². The molecule has 0 radical (unpaired) electrons. The van der Waals surface area contributed by atoms with Crippen molar-refractivity contribution in [3.05, 3.63) is 35.0 Å². The molecular weight excluding hydrogens is 250 g/mol. The molecule has 2 rings (SSSR count). The number of aryl methyl sites for hydroxylation is 1. The van der Waals surface area contributed by atoms with Crippen molar-refractivity contribution in [2.45, 2.75) is 6.92 Å². The fourth-order valence-electron chi connectivity index (χ4n) is 1.66. The average molecular weight is 264 g/mol. The molecule has 2 aromatic rings. The normalized spacial score (nSPS) is 10.2. The molecule has 0 bridgehead atoms. The van der Waals surface area contributed by atoms with Crippen molar-refractivity contribution in [3.8, 4) is 17.0 Å². The number of methoxy groups -OCH3 is 1. The van der Waals surface area contributed by atoms with E-state index >= 15 is 0 Å². The summed E-state index contributed by atoms with van der Waals surface area (Å²) in [4.78, 5) is 8.61. The first-order valence-corrected chi connectivity index (χ1v) is 5.89. The van der Waals surface area contributed by atoms with E-state index in [-0.39, 0.29) is 0 Å². The Kier molecular flexibility index (Phi) is 3.67. The maximum atomic E-state index is 6.01. The number of ether oxygens (including phenoxy) is 1. The van der Waals surface area contributed by atoms with Crippen LogP contribution >= 0.6 is 11.6 Å². The van der Waals surface area contributed by atoms with Crippen LogP contribution in [0.5, 0.6) is 5.75 Å². The van der Waals surface area contributed by atoms with Gasteiger partial charge in [0.15, 0.2) is 0 Å². The third-order valence-corrected chi connectivity index (χ3v) is 2.93. The van der Waals surface area contributed by atoms with Crippen LogP contribution in [0.1, 0.15) is 5.56 Å². The third-order valence-electron chi connectivity index (χ3n) is 2.62. The minimum absolute atomic E-state index is 0.585. The first-order valence-electron chi connectivity index (χ1n) is 5.51. The van der Waals surface area contributed by atoms with Gasteiger partial charge >= 0.3 is 0 Å². The van der Waals surface area contributed by atoms with E-state index in [2.05, 4.69) is 15.3 Å². The lowest BCUT2D eigenvalue weighted by Crippen LogP contribution is -1.99. The highest BCUT2D eigenvalue weighted by atomic mass is 35.5. The number of halogens is 1. The van der Waals surface area contributed by atoms with Gasteiger partial charge in [0.25, 0.3) is 0 Å². The molecule has 0 aliphatic rings. The molecule has 0 amide bonds. The van der Waals surface area contributed by atoms with E-state index in [1.807, 2.05) is 19.1 Å². The highest BCUT2D eigenvalue weighted by Crippen LogP contribution is 2.30. The second-order valence-corrected chi connectivity index (χ2v) is 4.23. The lowest BCUT2D eigenvalue weighted by atomic mass is 10.1. The van der Waals surface area contributed by atoms with Crippen molar-refractivity contribution in [3.63, 3.8) is 0 Å². The molecule has 1 N–H and O–H groups in total. The molecule has 18 heavy (non-hydrogen) atoms. The van der Waals surface area contributed by atoms with E-state index in [0.717, 1.165) is 16.8 Å². The minimum Gasteiger partial charge on any atom is -0.495 e. The second kappa shape index (κ2) is 5.23. The SMILES string of the molecule is CNc1ncc(C)c(-c2ccc(Cl)c(OC)c2)n1. The number of aromatic nitrogens is 2. The van der Waals surface area contributed by atoms with Gasteiger partial charge in [0, 0.05) is 18.8 Å². The quantitative estimate of drug-likeness (QED) is 0.924. The Balaban J connectivity index is 2.54. The summed E-state index contributed by atoms with van der Waals surface area (Å²) in [6.45, 7) is 1.97. The number of anilines is 1. The van der Waals surface area contributed by atoms with Gasteiger partial charge in [-0.05, 0) is 24.6 Å². The first kappa shape index (κ1) is 12.6. The van der Waals surface area contributed by atoms with Gasteiger partial charge in [0.1, 0.15) is 5.75 Å². The summed E-state index contributed by atoms with van der Waals surface area (Å²) in [7, 11) is 3.38. The predicted molar refractivity (Wildman–Crippen MR) is 73.3 cm³/mol. The fraction of sp³-hybridized carbons (Fsp3) is 0.231. The zero-order chi connectivity index (χ0) is 13.1. The third kappa shape index (κ3) is 2.38. The zero-order valence-electron chi connectivity index (χ0n) is 10.5. The Hall–Kier alpha value is -1.81. The molecule has 0 aliphatic heterocycles. The number of hydrogen-bond acceptors (Lipinski definition) is 4. The summed E-state index contributed by atoms with van der Waals surface area (Å²) in [6, 6.07) is 5.59. The van der Waals surface area contributed by atoms with Crippen LogP contribution in [0.2, 0.25) is 5.02 Å². The average Bonchev–Trinajstić information content (AvgIpc) is 2.40. The van der Waals surface area contributed by atoms with Gasteiger partial charge in [-0.3, -0.25) is 0 Å². The molecule has 0 saturated carbocycles. The lowest BCUT2D eigenvalue weighted by Gasteiger charge is -2.09. The highest BCUT2D eigenvalue weighted by molar-refractivity contribution is 6.32. The molecular formula is C13H14ClN3O. The Morgan fingerprint density at radius 3 is 2.78 bits per heavy atom. The molecule has 0 spiro atoms. The number of rotatable bonds is 3. The molecule has 0 aliphatic carbocycles. The summed E-state index contributed by atoms with van der Waals surface area (Å²) >= 11 is 6.01. The molecule has 1 heterocycles. The van der Waals surface area contributed by atoms with Crippen LogP contribution in [0.15, 0.2) is 24.4 Å². The summed E-state index contributed by atoms with van der Waals surface area (Å²) < 4.78 is 5.21. The molecule has 0 saturated heterocycles. The van der Waals surface area contributed by atoms with Gasteiger partial charge in [-0.25, -0.2) is 9.97 Å². The van der Waals surface area contributed by atoms with Crippen LogP contribution in [-0.2, 0) is 0 Å². The van der Waals surface area contributed by atoms with Gasteiger partial charge in [-0.2, -0.15) is 0 Å². The van der Waals surface area contributed by atoms with Crippen molar-refractivity contribution in [2.24, 2.45) is 0 Å². The zero-order valence-corrected chi connectivity index (χ0v) is 11.2. The van der Waals surface area contributed by atoms with E-state index in [9.17, 15) is 0 Å². The Labute approximate surface area is 111 Å². The maximum absolute atomic E-state index is 6.01. The van der Waals surface area contributed by atoms with E-state index in [1.54, 1.807) is 26.4 Å². The van der Waals surface area contributed by atoms with E-state index in [4.69, 9.17) is 16.3 Å². The Morgan fingerprint density at radius 2 is 2.11 bits per heavy atom. The van der Waals surface area contributed by atoms with E-state index < -0.39 is 0 Å². The summed E-state index contributed by atoms with van der Waals surface area (Å²) in [6.07, 6.45) is 1.79. The van der Waals surface area contributed by atoms with E-state index in [1.165, 1.54) is 0 Å². The van der Waals surface area contributed by atoms with Gasteiger partial charge in [-0.1, -0.05) is 17.7 Å². The van der Waals surface area contributed by atoms with Crippen LogP contribution in [-0.4, -0.2) is 24.1 Å². The summed E-state index contributed by atoms with van der Waals surface area (Å²) in [5, 5.41) is 3.51. The molecule has 0 fully saturated rings. The number of benzene rings is 1. The fourth-order valence-corrected chi connectivity index (χ4v) is 1.86. The molecule has 0 atom stereocenters. The minimum atomic E-state index is 0.585. The Morgan fingerprint density at radius 1 is 1.33 bits per heavy atom. The first-order chi connectivity index (χ1) is 8.65. The molecule has 1 aromatic heterocycles. The predicted octanol–water partition coefficient (Wildman–Crippen LogP) is 3.16. The number of nitrogens with one attached hydrogen (secondary N) is 1. The topological polar surface area (TPSA) is 47.0 Å². The number of hydrogen-bond donors (Lipinski definition) is 1. The van der Waals surface area contributed by atoms with Crippen molar-refractivity contribution in [2.75, 3.05) is 19.5 Å². The molecule has 1 aromatic carbocycles. The molecule has 4 nitrogen and oxygen atoms in total. The largest absolute Gasteiger partial charge is 0.495 e. The lowest BCUT2D eigenvalue weighted by molar-refractivity contribution is 0.415. The number of nitrogens with zero attached hydrogens (tertiary/aromatic N) is 2.